The average Bonchev–Trinajstić information content (AvgIpc) is 3.38. The van der Waals surface area contributed by atoms with E-state index in [2.05, 4.69) is 15.2 Å². The van der Waals surface area contributed by atoms with Crippen molar-refractivity contribution in [1.82, 2.24) is 19.7 Å². The number of hydrogen-bond donors (Lipinski definition) is 0. The summed E-state index contributed by atoms with van der Waals surface area (Å²) in [5.41, 5.74) is 2.91. The second kappa shape index (κ2) is 7.14. The molecule has 0 saturated carbocycles. The molecular formula is C21H17ClFN5OS. The molecule has 0 amide bonds. The number of aromatic nitrogens is 4. The van der Waals surface area contributed by atoms with Crippen LogP contribution in [-0.4, -0.2) is 25.5 Å². The summed E-state index contributed by atoms with van der Waals surface area (Å²) in [5.74, 6) is 1.54. The summed E-state index contributed by atoms with van der Waals surface area (Å²) >= 11 is 7.63. The topological polar surface area (TPSA) is 69.1 Å². The molecule has 1 aliphatic rings. The highest BCUT2D eigenvalue weighted by molar-refractivity contribution is 7.15. The van der Waals surface area contributed by atoms with Crippen molar-refractivity contribution >= 4 is 28.6 Å². The van der Waals surface area contributed by atoms with Crippen molar-refractivity contribution in [3.8, 4) is 5.00 Å². The molecule has 9 heteroatoms. The van der Waals surface area contributed by atoms with Crippen molar-refractivity contribution in [3.63, 3.8) is 0 Å². The van der Waals surface area contributed by atoms with Crippen LogP contribution in [0.15, 0.2) is 40.1 Å². The van der Waals surface area contributed by atoms with Gasteiger partial charge in [0.05, 0.1) is 18.3 Å². The first kappa shape index (κ1) is 19.1. The third kappa shape index (κ3) is 2.98. The van der Waals surface area contributed by atoms with Gasteiger partial charge in [-0.3, -0.25) is 9.56 Å². The van der Waals surface area contributed by atoms with Crippen LogP contribution in [0.3, 0.4) is 0 Å². The van der Waals surface area contributed by atoms with Gasteiger partial charge in [-0.25, -0.2) is 9.37 Å². The summed E-state index contributed by atoms with van der Waals surface area (Å²) in [6.45, 7) is 5.98. The molecule has 0 N–H and O–H groups in total. The molecule has 0 saturated heterocycles. The average molecular weight is 442 g/mol. The van der Waals surface area contributed by atoms with E-state index in [1.54, 1.807) is 29.7 Å². The quantitative estimate of drug-likeness (QED) is 0.440. The number of rotatable bonds is 3. The molecule has 4 heterocycles. The monoisotopic (exact) mass is 441 g/mol. The number of aryl methyl sites for hydroxylation is 2. The molecule has 0 bridgehead atoms. The minimum absolute atomic E-state index is 0.341. The largest absolute Gasteiger partial charge is 0.449 e. The van der Waals surface area contributed by atoms with Gasteiger partial charge >= 0.3 is 0 Å². The van der Waals surface area contributed by atoms with E-state index in [4.69, 9.17) is 21.0 Å². The van der Waals surface area contributed by atoms with E-state index in [-0.39, 0.29) is 0 Å². The third-order valence-corrected chi connectivity index (χ3v) is 6.70. The van der Waals surface area contributed by atoms with Crippen LogP contribution < -0.4 is 0 Å². The Morgan fingerprint density at radius 2 is 2.07 bits per heavy atom. The Morgan fingerprint density at radius 1 is 1.23 bits per heavy atom. The van der Waals surface area contributed by atoms with Crippen molar-refractivity contribution in [1.29, 1.82) is 0 Å². The molecule has 1 aliphatic heterocycles. The molecule has 0 unspecified atom stereocenters. The van der Waals surface area contributed by atoms with E-state index in [1.165, 1.54) is 12.3 Å². The van der Waals surface area contributed by atoms with Gasteiger partial charge in [-0.2, -0.15) is 0 Å². The molecule has 0 radical (unpaired) electrons. The fraction of sp³-hybridized carbons (Fsp3) is 0.238. The van der Waals surface area contributed by atoms with Gasteiger partial charge in [0.15, 0.2) is 11.7 Å². The fourth-order valence-electron chi connectivity index (χ4n) is 3.71. The van der Waals surface area contributed by atoms with Crippen LogP contribution in [0.25, 0.3) is 5.00 Å². The normalized spacial score (nSPS) is 15.5. The lowest BCUT2D eigenvalue weighted by atomic mass is 9.99. The van der Waals surface area contributed by atoms with Crippen LogP contribution in [-0.2, 0) is 6.42 Å². The highest BCUT2D eigenvalue weighted by atomic mass is 35.5. The van der Waals surface area contributed by atoms with Crippen molar-refractivity contribution < 1.29 is 8.81 Å². The van der Waals surface area contributed by atoms with Gasteiger partial charge in [0.2, 0.25) is 0 Å². The van der Waals surface area contributed by atoms with Gasteiger partial charge in [0.1, 0.15) is 28.9 Å². The molecule has 1 atom stereocenters. The summed E-state index contributed by atoms with van der Waals surface area (Å²) < 4.78 is 22.5. The second-order valence-electron chi connectivity index (χ2n) is 7.15. The van der Waals surface area contributed by atoms with E-state index in [9.17, 15) is 0 Å². The van der Waals surface area contributed by atoms with Gasteiger partial charge in [-0.05, 0) is 44.5 Å². The zero-order valence-electron chi connectivity index (χ0n) is 16.5. The van der Waals surface area contributed by atoms with Crippen LogP contribution in [0.1, 0.15) is 45.1 Å². The molecule has 0 aliphatic carbocycles. The van der Waals surface area contributed by atoms with Gasteiger partial charge < -0.3 is 4.42 Å². The number of aliphatic imine (C=N–C) groups is 1. The van der Waals surface area contributed by atoms with Crippen LogP contribution in [0.4, 0.5) is 4.39 Å². The lowest BCUT2D eigenvalue weighted by Gasteiger charge is -2.12. The first-order valence-electron chi connectivity index (χ1n) is 9.38. The minimum atomic E-state index is -0.436. The van der Waals surface area contributed by atoms with Crippen molar-refractivity contribution in [2.45, 2.75) is 33.2 Å². The lowest BCUT2D eigenvalue weighted by Crippen LogP contribution is -2.10. The highest BCUT2D eigenvalue weighted by Crippen LogP contribution is 2.39. The molecule has 1 aromatic carbocycles. The van der Waals surface area contributed by atoms with Crippen molar-refractivity contribution in [3.05, 3.63) is 80.6 Å². The molecular weight excluding hydrogens is 425 g/mol. The lowest BCUT2D eigenvalue weighted by molar-refractivity contribution is 0.467. The van der Waals surface area contributed by atoms with Crippen LogP contribution in [0.5, 0.6) is 0 Å². The first-order chi connectivity index (χ1) is 14.4. The summed E-state index contributed by atoms with van der Waals surface area (Å²) in [5, 5.41) is 9.98. The number of hydrogen-bond acceptors (Lipinski definition) is 6. The Labute approximate surface area is 181 Å². The number of nitrogens with zero attached hydrogens (tertiary/aromatic N) is 5. The standard InChI is InChI=1S/C21H17ClFN5OS/c1-10-11(2)30-21-18(10)19(14-5-4-13(22)8-15(14)23)25-16(9-17-24-6-7-29-17)20-27-26-12(3)28(20)21/h4-8,16H,9H2,1-3H3/t16-/m0/s1. The summed E-state index contributed by atoms with van der Waals surface area (Å²) in [4.78, 5) is 10.4. The first-order valence-corrected chi connectivity index (χ1v) is 10.6. The zero-order valence-corrected chi connectivity index (χ0v) is 18.1. The Hall–Kier alpha value is -2.84. The van der Waals surface area contributed by atoms with Crippen molar-refractivity contribution in [2.75, 3.05) is 0 Å². The van der Waals surface area contributed by atoms with Crippen LogP contribution >= 0.6 is 22.9 Å². The molecule has 152 valence electrons. The maximum atomic E-state index is 15.0. The Bertz CT molecular complexity index is 1290. The molecule has 0 spiro atoms. The van der Waals surface area contributed by atoms with E-state index in [1.807, 2.05) is 25.3 Å². The van der Waals surface area contributed by atoms with E-state index >= 15 is 4.39 Å². The molecule has 3 aromatic heterocycles. The minimum Gasteiger partial charge on any atom is -0.449 e. The van der Waals surface area contributed by atoms with E-state index < -0.39 is 11.9 Å². The van der Waals surface area contributed by atoms with Crippen LogP contribution in [0.2, 0.25) is 5.02 Å². The summed E-state index contributed by atoms with van der Waals surface area (Å²) in [6.07, 6.45) is 3.50. The number of oxazole rings is 1. The predicted molar refractivity (Wildman–Crippen MR) is 113 cm³/mol. The smallest absolute Gasteiger partial charge is 0.196 e. The SMILES string of the molecule is Cc1sc2c(c1C)C(c1ccc(Cl)cc1F)=N[C@@H](Cc1ncco1)c1nnc(C)n1-2. The van der Waals surface area contributed by atoms with E-state index in [0.717, 1.165) is 26.8 Å². The Kier molecular flexibility index (Phi) is 4.56. The molecule has 5 rings (SSSR count). The third-order valence-electron chi connectivity index (χ3n) is 5.28. The molecule has 6 nitrogen and oxygen atoms in total. The highest BCUT2D eigenvalue weighted by Gasteiger charge is 2.32. The number of fused-ring (bicyclic) bond motifs is 3. The zero-order chi connectivity index (χ0) is 21.0. The predicted octanol–water partition coefficient (Wildman–Crippen LogP) is 5.17. The Morgan fingerprint density at radius 3 is 2.80 bits per heavy atom. The van der Waals surface area contributed by atoms with Crippen LogP contribution in [0, 0.1) is 26.6 Å². The second-order valence-corrected chi connectivity index (χ2v) is 8.79. The molecule has 30 heavy (non-hydrogen) atoms. The maximum absolute atomic E-state index is 15.0. The van der Waals surface area contributed by atoms with Gasteiger partial charge in [-0.15, -0.1) is 21.5 Å². The summed E-state index contributed by atoms with van der Waals surface area (Å²) in [6, 6.07) is 4.23. The van der Waals surface area contributed by atoms with Gasteiger partial charge in [0, 0.05) is 21.0 Å². The number of thiophene rings is 1. The van der Waals surface area contributed by atoms with Gasteiger partial charge in [-0.1, -0.05) is 11.6 Å². The van der Waals surface area contributed by atoms with Crippen molar-refractivity contribution in [2.24, 2.45) is 4.99 Å². The molecule has 4 aromatic rings. The maximum Gasteiger partial charge on any atom is 0.196 e. The van der Waals surface area contributed by atoms with E-state index in [0.29, 0.717) is 34.4 Å². The fourth-order valence-corrected chi connectivity index (χ4v) is 5.08. The molecule has 0 fully saturated rings. The van der Waals surface area contributed by atoms with Gasteiger partial charge in [0.25, 0.3) is 0 Å². The Balaban J connectivity index is 1.80. The summed E-state index contributed by atoms with van der Waals surface area (Å²) in [7, 11) is 0. The number of halogens is 2. The number of benzene rings is 1.